The van der Waals surface area contributed by atoms with Gasteiger partial charge in [0.05, 0.1) is 10.9 Å². The van der Waals surface area contributed by atoms with Crippen molar-refractivity contribution in [3.63, 3.8) is 0 Å². The first kappa shape index (κ1) is 21.4. The number of carbonyl (C=O) groups excluding carboxylic acids is 2. The Morgan fingerprint density at radius 2 is 2.10 bits per heavy atom. The van der Waals surface area contributed by atoms with Crippen molar-refractivity contribution in [2.24, 2.45) is 5.92 Å². The van der Waals surface area contributed by atoms with Gasteiger partial charge in [-0.25, -0.2) is 4.98 Å². The van der Waals surface area contributed by atoms with E-state index in [-0.39, 0.29) is 17.7 Å². The SMILES string of the molecule is Cc1cccnc1NC(=O)C1CCCN(C(=O)C(C)Oc2ccc(Cl)cc2Cl)C1. The molecule has 8 heteroatoms. The second-order valence-electron chi connectivity index (χ2n) is 7.12. The summed E-state index contributed by atoms with van der Waals surface area (Å²) < 4.78 is 5.73. The highest BCUT2D eigenvalue weighted by Gasteiger charge is 2.31. The van der Waals surface area contributed by atoms with Crippen molar-refractivity contribution in [2.45, 2.75) is 32.8 Å². The number of hydrogen-bond acceptors (Lipinski definition) is 4. The quantitative estimate of drug-likeness (QED) is 0.757. The largest absolute Gasteiger partial charge is 0.479 e. The molecule has 0 spiro atoms. The lowest BCUT2D eigenvalue weighted by Crippen LogP contribution is -2.48. The Bertz CT molecular complexity index is 906. The Kier molecular flexibility index (Phi) is 6.98. The first-order valence-corrected chi connectivity index (χ1v) is 10.2. The van der Waals surface area contributed by atoms with Crippen molar-refractivity contribution in [2.75, 3.05) is 18.4 Å². The maximum atomic E-state index is 12.8. The molecule has 1 aliphatic heterocycles. The first-order chi connectivity index (χ1) is 13.8. The predicted octanol–water partition coefficient (Wildman–Crippen LogP) is 4.34. The molecule has 29 heavy (non-hydrogen) atoms. The third-order valence-corrected chi connectivity index (χ3v) is 5.43. The number of halogens is 2. The molecule has 2 unspecified atom stereocenters. The third-order valence-electron chi connectivity index (χ3n) is 4.90. The minimum Gasteiger partial charge on any atom is -0.479 e. The fraction of sp³-hybridized carbons (Fsp3) is 0.381. The van der Waals surface area contributed by atoms with E-state index >= 15 is 0 Å². The smallest absolute Gasteiger partial charge is 0.263 e. The number of aryl methyl sites for hydroxylation is 1. The average molecular weight is 436 g/mol. The molecule has 1 N–H and O–H groups in total. The molecular formula is C21H23Cl2N3O3. The molecule has 6 nitrogen and oxygen atoms in total. The normalized spacial score (nSPS) is 17.5. The number of amides is 2. The zero-order valence-electron chi connectivity index (χ0n) is 16.3. The van der Waals surface area contributed by atoms with E-state index < -0.39 is 6.10 Å². The molecule has 2 atom stereocenters. The monoisotopic (exact) mass is 435 g/mol. The molecule has 1 aromatic carbocycles. The van der Waals surface area contributed by atoms with Crippen LogP contribution in [-0.4, -0.2) is 40.9 Å². The van der Waals surface area contributed by atoms with Gasteiger partial charge in [-0.1, -0.05) is 29.3 Å². The fourth-order valence-corrected chi connectivity index (χ4v) is 3.75. The summed E-state index contributed by atoms with van der Waals surface area (Å²) in [7, 11) is 0. The molecular weight excluding hydrogens is 413 g/mol. The highest BCUT2D eigenvalue weighted by atomic mass is 35.5. The van der Waals surface area contributed by atoms with Gasteiger partial charge in [-0.3, -0.25) is 9.59 Å². The van der Waals surface area contributed by atoms with Crippen LogP contribution in [0.5, 0.6) is 5.75 Å². The van der Waals surface area contributed by atoms with Crippen LogP contribution in [0.2, 0.25) is 10.0 Å². The van der Waals surface area contributed by atoms with E-state index in [1.54, 1.807) is 36.2 Å². The van der Waals surface area contributed by atoms with E-state index in [0.29, 0.717) is 34.7 Å². The molecule has 1 aromatic heterocycles. The van der Waals surface area contributed by atoms with Crippen molar-refractivity contribution in [1.82, 2.24) is 9.88 Å². The van der Waals surface area contributed by atoms with Crippen molar-refractivity contribution in [3.8, 4) is 5.75 Å². The molecule has 2 amide bonds. The van der Waals surface area contributed by atoms with Gasteiger partial charge >= 0.3 is 0 Å². The lowest BCUT2D eigenvalue weighted by molar-refractivity contribution is -0.140. The molecule has 1 saturated heterocycles. The number of anilines is 1. The number of aromatic nitrogens is 1. The molecule has 0 bridgehead atoms. The van der Waals surface area contributed by atoms with E-state index in [0.717, 1.165) is 18.4 Å². The molecule has 2 heterocycles. The van der Waals surface area contributed by atoms with Crippen LogP contribution in [0, 0.1) is 12.8 Å². The number of rotatable bonds is 5. The summed E-state index contributed by atoms with van der Waals surface area (Å²) in [4.78, 5) is 31.4. The summed E-state index contributed by atoms with van der Waals surface area (Å²) in [5.41, 5.74) is 0.895. The number of benzene rings is 1. The van der Waals surface area contributed by atoms with Gasteiger partial charge in [0.25, 0.3) is 5.91 Å². The summed E-state index contributed by atoms with van der Waals surface area (Å²) in [6.45, 7) is 4.50. The fourth-order valence-electron chi connectivity index (χ4n) is 3.30. The van der Waals surface area contributed by atoms with Gasteiger partial charge in [0.1, 0.15) is 11.6 Å². The molecule has 0 radical (unpaired) electrons. The van der Waals surface area contributed by atoms with Crippen LogP contribution in [0.3, 0.4) is 0 Å². The third kappa shape index (κ3) is 5.40. The molecule has 1 fully saturated rings. The van der Waals surface area contributed by atoms with Crippen molar-refractivity contribution >= 4 is 40.8 Å². The molecule has 2 aromatic rings. The van der Waals surface area contributed by atoms with Gasteiger partial charge < -0.3 is 15.0 Å². The Morgan fingerprint density at radius 3 is 2.83 bits per heavy atom. The zero-order chi connectivity index (χ0) is 21.0. The van der Waals surface area contributed by atoms with Crippen LogP contribution in [0.1, 0.15) is 25.3 Å². The van der Waals surface area contributed by atoms with E-state index in [1.165, 1.54) is 0 Å². The summed E-state index contributed by atoms with van der Waals surface area (Å²) in [6, 6.07) is 8.56. The van der Waals surface area contributed by atoms with E-state index in [4.69, 9.17) is 27.9 Å². The molecule has 0 saturated carbocycles. The average Bonchev–Trinajstić information content (AvgIpc) is 2.71. The Hall–Kier alpha value is -2.31. The maximum absolute atomic E-state index is 12.8. The second-order valence-corrected chi connectivity index (χ2v) is 7.96. The Labute approximate surface area is 180 Å². The van der Waals surface area contributed by atoms with E-state index in [2.05, 4.69) is 10.3 Å². The molecule has 154 valence electrons. The summed E-state index contributed by atoms with van der Waals surface area (Å²) in [5.74, 6) is 0.352. The zero-order valence-corrected chi connectivity index (χ0v) is 17.8. The number of nitrogens with zero attached hydrogens (tertiary/aromatic N) is 2. The standard InChI is InChI=1S/C21H23Cl2N3O3/c1-13-5-3-9-24-19(13)25-20(27)15-6-4-10-26(12-15)21(28)14(2)29-18-8-7-16(22)11-17(18)23/h3,5,7-9,11,14-15H,4,6,10,12H2,1-2H3,(H,24,25,27). The highest BCUT2D eigenvalue weighted by Crippen LogP contribution is 2.29. The minimum absolute atomic E-state index is 0.126. The van der Waals surface area contributed by atoms with Crippen LogP contribution in [-0.2, 0) is 9.59 Å². The van der Waals surface area contributed by atoms with Crippen LogP contribution >= 0.6 is 23.2 Å². The van der Waals surface area contributed by atoms with Gasteiger partial charge in [0.2, 0.25) is 5.91 Å². The predicted molar refractivity (Wildman–Crippen MR) is 113 cm³/mol. The van der Waals surface area contributed by atoms with Gasteiger partial charge in [-0.15, -0.1) is 0 Å². The van der Waals surface area contributed by atoms with Gasteiger partial charge in [0, 0.05) is 24.3 Å². The molecule has 0 aliphatic carbocycles. The number of hydrogen-bond donors (Lipinski definition) is 1. The number of carbonyl (C=O) groups is 2. The van der Waals surface area contributed by atoms with Gasteiger partial charge in [0.15, 0.2) is 6.10 Å². The van der Waals surface area contributed by atoms with Crippen molar-refractivity contribution < 1.29 is 14.3 Å². The number of nitrogens with one attached hydrogen (secondary N) is 1. The van der Waals surface area contributed by atoms with E-state index in [9.17, 15) is 9.59 Å². The van der Waals surface area contributed by atoms with Gasteiger partial charge in [-0.2, -0.15) is 0 Å². The number of pyridine rings is 1. The Morgan fingerprint density at radius 1 is 1.31 bits per heavy atom. The maximum Gasteiger partial charge on any atom is 0.263 e. The van der Waals surface area contributed by atoms with Crippen molar-refractivity contribution in [1.29, 1.82) is 0 Å². The minimum atomic E-state index is -0.728. The number of ether oxygens (including phenoxy) is 1. The molecule has 1 aliphatic rings. The molecule has 3 rings (SSSR count). The van der Waals surface area contributed by atoms with Crippen LogP contribution in [0.4, 0.5) is 5.82 Å². The lowest BCUT2D eigenvalue weighted by atomic mass is 9.96. The first-order valence-electron chi connectivity index (χ1n) is 9.48. The number of likely N-dealkylation sites (tertiary alicyclic amines) is 1. The van der Waals surface area contributed by atoms with Crippen LogP contribution < -0.4 is 10.1 Å². The summed E-state index contributed by atoms with van der Waals surface area (Å²) in [6.07, 6.45) is 2.38. The number of piperidine rings is 1. The summed E-state index contributed by atoms with van der Waals surface area (Å²) in [5, 5.41) is 3.71. The Balaban J connectivity index is 1.61. The summed E-state index contributed by atoms with van der Waals surface area (Å²) >= 11 is 12.0. The van der Waals surface area contributed by atoms with Crippen molar-refractivity contribution in [3.05, 3.63) is 52.1 Å². The van der Waals surface area contributed by atoms with E-state index in [1.807, 2.05) is 19.1 Å². The second kappa shape index (κ2) is 9.46. The highest BCUT2D eigenvalue weighted by molar-refractivity contribution is 6.35. The van der Waals surface area contributed by atoms with Crippen LogP contribution in [0.15, 0.2) is 36.5 Å². The lowest BCUT2D eigenvalue weighted by Gasteiger charge is -2.33. The van der Waals surface area contributed by atoms with Crippen LogP contribution in [0.25, 0.3) is 0 Å². The topological polar surface area (TPSA) is 71.5 Å². The van der Waals surface area contributed by atoms with Gasteiger partial charge in [-0.05, 0) is 56.5 Å².